The first-order valence-electron chi connectivity index (χ1n) is 7.26. The lowest BCUT2D eigenvalue weighted by Crippen LogP contribution is -2.69. The molecule has 21 heavy (non-hydrogen) atoms. The van der Waals surface area contributed by atoms with Gasteiger partial charge in [0, 0.05) is 4.47 Å². The molecule has 5 heteroatoms. The first-order chi connectivity index (χ1) is 9.84. The number of benzene rings is 1. The van der Waals surface area contributed by atoms with E-state index in [4.69, 9.17) is 0 Å². The van der Waals surface area contributed by atoms with Crippen molar-refractivity contribution in [3.8, 4) is 0 Å². The summed E-state index contributed by atoms with van der Waals surface area (Å²) in [4.78, 5) is 27.0. The lowest BCUT2D eigenvalue weighted by molar-refractivity contribution is -0.138. The average Bonchev–Trinajstić information content (AvgIpc) is 2.45. The molecule has 2 unspecified atom stereocenters. The quantitative estimate of drug-likeness (QED) is 0.908. The van der Waals surface area contributed by atoms with Crippen molar-refractivity contribution in [3.05, 3.63) is 28.2 Å². The Bertz CT molecular complexity index is 588. The number of carbonyl (C=O) groups is 2. The molecule has 4 nitrogen and oxygen atoms in total. The molecule has 0 spiro atoms. The molecule has 114 valence electrons. The van der Waals surface area contributed by atoms with Crippen molar-refractivity contribution in [2.75, 3.05) is 4.90 Å². The minimum atomic E-state index is -0.841. The molecular weight excluding hydrogens is 332 g/mol. The Morgan fingerprint density at radius 2 is 2.00 bits per heavy atom. The standard InChI is InChI=1S/C16H21BrN2O2/c1-5-12-14(20)18-16(4,6-2)15(21)19(12)13-9-10(3)7-8-11(13)17/h7-9,12H,5-6H2,1-4H3,(H,18,20). The van der Waals surface area contributed by atoms with Crippen LogP contribution in [0.3, 0.4) is 0 Å². The van der Waals surface area contributed by atoms with E-state index in [1.54, 1.807) is 11.8 Å². The van der Waals surface area contributed by atoms with E-state index >= 15 is 0 Å². The van der Waals surface area contributed by atoms with Crippen molar-refractivity contribution in [2.45, 2.75) is 52.1 Å². The number of rotatable bonds is 3. The zero-order valence-electron chi connectivity index (χ0n) is 12.9. The summed E-state index contributed by atoms with van der Waals surface area (Å²) >= 11 is 3.50. The van der Waals surface area contributed by atoms with Crippen molar-refractivity contribution < 1.29 is 9.59 Å². The molecule has 1 heterocycles. The summed E-state index contributed by atoms with van der Waals surface area (Å²) in [6.45, 7) is 7.59. The molecule has 1 saturated heterocycles. The first-order valence-corrected chi connectivity index (χ1v) is 8.05. The molecule has 1 N–H and O–H groups in total. The first kappa shape index (κ1) is 16.0. The van der Waals surface area contributed by atoms with E-state index in [-0.39, 0.29) is 11.8 Å². The predicted octanol–water partition coefficient (Wildman–Crippen LogP) is 3.17. The molecule has 1 fully saturated rings. The van der Waals surface area contributed by atoms with Gasteiger partial charge in [0.2, 0.25) is 5.91 Å². The normalized spacial score (nSPS) is 26.0. The zero-order valence-corrected chi connectivity index (χ0v) is 14.5. The Hall–Kier alpha value is -1.36. The number of halogens is 1. The van der Waals surface area contributed by atoms with Gasteiger partial charge in [0.15, 0.2) is 0 Å². The van der Waals surface area contributed by atoms with Gasteiger partial charge in [0.25, 0.3) is 5.91 Å². The van der Waals surface area contributed by atoms with Gasteiger partial charge in [-0.3, -0.25) is 14.5 Å². The van der Waals surface area contributed by atoms with Crippen molar-refractivity contribution in [3.63, 3.8) is 0 Å². The molecule has 0 bridgehead atoms. The highest BCUT2D eigenvalue weighted by Crippen LogP contribution is 2.34. The molecule has 0 aromatic heterocycles. The van der Waals surface area contributed by atoms with Crippen molar-refractivity contribution >= 4 is 33.4 Å². The number of amides is 2. The van der Waals surface area contributed by atoms with Crippen LogP contribution in [0.4, 0.5) is 5.69 Å². The lowest BCUT2D eigenvalue weighted by Gasteiger charge is -2.44. The van der Waals surface area contributed by atoms with Crippen LogP contribution in [0.1, 0.15) is 39.2 Å². The second kappa shape index (κ2) is 5.79. The number of anilines is 1. The fourth-order valence-corrected chi connectivity index (χ4v) is 3.06. The van der Waals surface area contributed by atoms with Crippen LogP contribution in [-0.2, 0) is 9.59 Å². The monoisotopic (exact) mass is 352 g/mol. The summed E-state index contributed by atoms with van der Waals surface area (Å²) in [6.07, 6.45) is 1.14. The van der Waals surface area contributed by atoms with Crippen LogP contribution in [0, 0.1) is 6.92 Å². The van der Waals surface area contributed by atoms with Gasteiger partial charge >= 0.3 is 0 Å². The smallest absolute Gasteiger partial charge is 0.253 e. The minimum Gasteiger partial charge on any atom is -0.340 e. The molecule has 1 aromatic carbocycles. The van der Waals surface area contributed by atoms with Crippen LogP contribution in [-0.4, -0.2) is 23.4 Å². The summed E-state index contributed by atoms with van der Waals surface area (Å²) in [6, 6.07) is 5.37. The van der Waals surface area contributed by atoms with Gasteiger partial charge in [-0.1, -0.05) is 19.9 Å². The van der Waals surface area contributed by atoms with Crippen LogP contribution in [0.2, 0.25) is 0 Å². The van der Waals surface area contributed by atoms with E-state index in [9.17, 15) is 9.59 Å². The van der Waals surface area contributed by atoms with Gasteiger partial charge in [-0.05, 0) is 60.3 Å². The van der Waals surface area contributed by atoms with Gasteiger partial charge in [0.05, 0.1) is 5.69 Å². The number of nitrogens with zero attached hydrogens (tertiary/aromatic N) is 1. The highest BCUT2D eigenvalue weighted by Gasteiger charge is 2.47. The van der Waals surface area contributed by atoms with Crippen LogP contribution >= 0.6 is 15.9 Å². The number of carbonyl (C=O) groups excluding carboxylic acids is 2. The zero-order chi connectivity index (χ0) is 15.8. The average molecular weight is 353 g/mol. The van der Waals surface area contributed by atoms with Crippen molar-refractivity contribution in [1.29, 1.82) is 0 Å². The highest BCUT2D eigenvalue weighted by atomic mass is 79.9. The van der Waals surface area contributed by atoms with E-state index in [2.05, 4.69) is 21.2 Å². The SMILES string of the molecule is CCC1C(=O)NC(C)(CC)C(=O)N1c1cc(C)ccc1Br. The number of aryl methyl sites for hydroxylation is 1. The Balaban J connectivity index is 2.57. The minimum absolute atomic E-state index is 0.0530. The molecule has 1 aliphatic heterocycles. The number of hydrogen-bond donors (Lipinski definition) is 1. The number of piperazine rings is 1. The van der Waals surface area contributed by atoms with E-state index in [1.807, 2.05) is 39.0 Å². The maximum atomic E-state index is 12.9. The maximum absolute atomic E-state index is 12.9. The Morgan fingerprint density at radius 3 is 2.57 bits per heavy atom. The van der Waals surface area contributed by atoms with E-state index in [1.165, 1.54) is 0 Å². The fourth-order valence-electron chi connectivity index (χ4n) is 2.63. The van der Waals surface area contributed by atoms with Crippen molar-refractivity contribution in [2.24, 2.45) is 0 Å². The molecule has 2 amide bonds. The largest absolute Gasteiger partial charge is 0.340 e. The summed E-state index contributed by atoms with van der Waals surface area (Å²) in [7, 11) is 0. The fraction of sp³-hybridized carbons (Fsp3) is 0.500. The molecule has 1 aromatic rings. The Labute approximate surface area is 134 Å². The van der Waals surface area contributed by atoms with Crippen LogP contribution in [0.5, 0.6) is 0 Å². The third-order valence-electron chi connectivity index (χ3n) is 4.16. The number of hydrogen-bond acceptors (Lipinski definition) is 2. The van der Waals surface area contributed by atoms with E-state index < -0.39 is 11.6 Å². The predicted molar refractivity (Wildman–Crippen MR) is 87.3 cm³/mol. The Kier molecular flexibility index (Phi) is 4.42. The highest BCUT2D eigenvalue weighted by molar-refractivity contribution is 9.10. The second-order valence-corrected chi connectivity index (χ2v) is 6.58. The molecule has 0 aliphatic carbocycles. The van der Waals surface area contributed by atoms with Gasteiger partial charge in [-0.15, -0.1) is 0 Å². The summed E-state index contributed by atoms with van der Waals surface area (Å²) in [5.41, 5.74) is 0.979. The lowest BCUT2D eigenvalue weighted by atomic mass is 9.90. The number of nitrogens with one attached hydrogen (secondary N) is 1. The summed E-state index contributed by atoms with van der Waals surface area (Å²) < 4.78 is 0.827. The maximum Gasteiger partial charge on any atom is 0.253 e. The van der Waals surface area contributed by atoms with E-state index in [0.717, 1.165) is 15.7 Å². The van der Waals surface area contributed by atoms with Crippen LogP contribution in [0.15, 0.2) is 22.7 Å². The van der Waals surface area contributed by atoms with Gasteiger partial charge < -0.3 is 5.32 Å². The Morgan fingerprint density at radius 1 is 1.33 bits per heavy atom. The molecule has 0 saturated carbocycles. The third-order valence-corrected chi connectivity index (χ3v) is 4.83. The van der Waals surface area contributed by atoms with Gasteiger partial charge in [-0.2, -0.15) is 0 Å². The molecular formula is C16H21BrN2O2. The second-order valence-electron chi connectivity index (χ2n) is 5.73. The molecule has 1 aliphatic rings. The molecule has 0 radical (unpaired) electrons. The molecule has 2 atom stereocenters. The van der Waals surface area contributed by atoms with E-state index in [0.29, 0.717) is 12.8 Å². The van der Waals surface area contributed by atoms with Crippen molar-refractivity contribution in [1.82, 2.24) is 5.32 Å². The molecule has 2 rings (SSSR count). The van der Waals surface area contributed by atoms with Crippen LogP contribution < -0.4 is 10.2 Å². The van der Waals surface area contributed by atoms with Crippen LogP contribution in [0.25, 0.3) is 0 Å². The topological polar surface area (TPSA) is 49.4 Å². The summed E-state index contributed by atoms with van der Waals surface area (Å²) in [5.74, 6) is -0.141. The van der Waals surface area contributed by atoms with Gasteiger partial charge in [0.1, 0.15) is 11.6 Å². The third kappa shape index (κ3) is 2.71. The van der Waals surface area contributed by atoms with Gasteiger partial charge in [-0.25, -0.2) is 0 Å². The summed E-state index contributed by atoms with van der Waals surface area (Å²) in [5, 5.41) is 2.88.